The molecule has 1 amide bonds. The molecular formula is C78H153NO5. The lowest BCUT2D eigenvalue weighted by Crippen LogP contribution is -2.45. The van der Waals surface area contributed by atoms with Crippen molar-refractivity contribution in [1.82, 2.24) is 5.32 Å². The zero-order valence-electron chi connectivity index (χ0n) is 57.4. The fourth-order valence-electron chi connectivity index (χ4n) is 12.6. The van der Waals surface area contributed by atoms with E-state index in [0.29, 0.717) is 25.9 Å². The Morgan fingerprint density at radius 3 is 0.845 bits per heavy atom. The van der Waals surface area contributed by atoms with E-state index >= 15 is 0 Å². The average molecular weight is 1190 g/mol. The molecule has 2 atom stereocenters. The van der Waals surface area contributed by atoms with Crippen LogP contribution < -0.4 is 5.32 Å². The summed E-state index contributed by atoms with van der Waals surface area (Å²) in [5.41, 5.74) is 0. The van der Waals surface area contributed by atoms with Crippen LogP contribution in [0.5, 0.6) is 0 Å². The molecule has 0 heterocycles. The largest absolute Gasteiger partial charge is 0.466 e. The molecule has 500 valence electrons. The van der Waals surface area contributed by atoms with Crippen molar-refractivity contribution in [2.45, 2.75) is 463 Å². The predicted octanol–water partition coefficient (Wildman–Crippen LogP) is 25.5. The van der Waals surface area contributed by atoms with E-state index in [-0.39, 0.29) is 18.5 Å². The van der Waals surface area contributed by atoms with Crippen molar-refractivity contribution in [3.05, 3.63) is 12.2 Å². The van der Waals surface area contributed by atoms with E-state index in [9.17, 15) is 19.8 Å². The van der Waals surface area contributed by atoms with E-state index in [2.05, 4.69) is 31.3 Å². The number of rotatable bonds is 74. The highest BCUT2D eigenvalue weighted by atomic mass is 16.5. The summed E-state index contributed by atoms with van der Waals surface area (Å²) in [6.07, 6.45) is 93.0. The highest BCUT2D eigenvalue weighted by molar-refractivity contribution is 5.76. The van der Waals surface area contributed by atoms with E-state index < -0.39 is 12.1 Å². The molecule has 0 fully saturated rings. The summed E-state index contributed by atoms with van der Waals surface area (Å²) >= 11 is 0. The van der Waals surface area contributed by atoms with Crippen LogP contribution in [0.25, 0.3) is 0 Å². The van der Waals surface area contributed by atoms with Crippen LogP contribution in [0.15, 0.2) is 12.2 Å². The maximum Gasteiger partial charge on any atom is 0.305 e. The topological polar surface area (TPSA) is 95.9 Å². The monoisotopic (exact) mass is 1180 g/mol. The number of hydrogen-bond acceptors (Lipinski definition) is 5. The zero-order valence-corrected chi connectivity index (χ0v) is 57.4. The minimum absolute atomic E-state index is 0.0195. The normalized spacial score (nSPS) is 12.5. The minimum atomic E-state index is -0.660. The smallest absolute Gasteiger partial charge is 0.305 e. The molecule has 0 aliphatic rings. The lowest BCUT2D eigenvalue weighted by Gasteiger charge is -2.22. The highest BCUT2D eigenvalue weighted by Crippen LogP contribution is 2.20. The van der Waals surface area contributed by atoms with Gasteiger partial charge in [0, 0.05) is 12.8 Å². The SMILES string of the molecule is CCCCCCCC/C=C\CCCCCCCCCC(=O)OCCCCCCCCCCCCCCCCCCCCCCCCCCCCCCCCCCCC(=O)NC(CO)C(O)CCCCCCCCCCCCCCCCCCC. The summed E-state index contributed by atoms with van der Waals surface area (Å²) in [4.78, 5) is 24.6. The average Bonchev–Trinajstić information content (AvgIpc) is 3.51. The quantitative estimate of drug-likeness (QED) is 0.0320. The van der Waals surface area contributed by atoms with Crippen LogP contribution in [0.2, 0.25) is 0 Å². The summed E-state index contributed by atoms with van der Waals surface area (Å²) in [6, 6.07) is -0.537. The Balaban J connectivity index is 3.30. The van der Waals surface area contributed by atoms with Gasteiger partial charge in [0.1, 0.15) is 0 Å². The van der Waals surface area contributed by atoms with Crippen LogP contribution in [-0.2, 0) is 14.3 Å². The van der Waals surface area contributed by atoms with Gasteiger partial charge in [-0.3, -0.25) is 9.59 Å². The Kier molecular flexibility index (Phi) is 72.8. The Hall–Kier alpha value is -1.40. The first-order valence-electron chi connectivity index (χ1n) is 38.9. The predicted molar refractivity (Wildman–Crippen MR) is 370 cm³/mol. The van der Waals surface area contributed by atoms with Gasteiger partial charge in [-0.25, -0.2) is 0 Å². The molecule has 0 rings (SSSR count). The van der Waals surface area contributed by atoms with Gasteiger partial charge in [0.05, 0.1) is 25.4 Å². The van der Waals surface area contributed by atoms with Crippen molar-refractivity contribution in [3.8, 4) is 0 Å². The second-order valence-corrected chi connectivity index (χ2v) is 27.0. The van der Waals surface area contributed by atoms with E-state index in [1.807, 2.05) is 0 Å². The fraction of sp³-hybridized carbons (Fsp3) is 0.949. The van der Waals surface area contributed by atoms with Crippen molar-refractivity contribution in [3.63, 3.8) is 0 Å². The van der Waals surface area contributed by atoms with E-state index in [1.165, 1.54) is 379 Å². The van der Waals surface area contributed by atoms with Gasteiger partial charge in [0.2, 0.25) is 5.91 Å². The number of ether oxygens (including phenoxy) is 1. The van der Waals surface area contributed by atoms with Crippen molar-refractivity contribution in [1.29, 1.82) is 0 Å². The van der Waals surface area contributed by atoms with Gasteiger partial charge < -0.3 is 20.3 Å². The Labute approximate surface area is 527 Å². The highest BCUT2D eigenvalue weighted by Gasteiger charge is 2.20. The maximum atomic E-state index is 12.5. The number of allylic oxidation sites excluding steroid dienone is 2. The van der Waals surface area contributed by atoms with Crippen LogP contribution in [0, 0.1) is 0 Å². The molecule has 84 heavy (non-hydrogen) atoms. The first kappa shape index (κ1) is 82.6. The number of nitrogens with one attached hydrogen (secondary N) is 1. The Morgan fingerprint density at radius 2 is 0.560 bits per heavy atom. The lowest BCUT2D eigenvalue weighted by atomic mass is 10.0. The number of hydrogen-bond donors (Lipinski definition) is 3. The fourth-order valence-corrected chi connectivity index (χ4v) is 12.6. The number of carbonyl (C=O) groups excluding carboxylic acids is 2. The first-order valence-corrected chi connectivity index (χ1v) is 38.9. The van der Waals surface area contributed by atoms with E-state index in [1.54, 1.807) is 0 Å². The summed E-state index contributed by atoms with van der Waals surface area (Å²) in [6.45, 7) is 5.00. The number of carbonyl (C=O) groups is 2. The molecule has 0 radical (unpaired) electrons. The summed E-state index contributed by atoms with van der Waals surface area (Å²) in [7, 11) is 0. The second kappa shape index (κ2) is 74.1. The first-order chi connectivity index (χ1) is 41.5. The molecule has 2 unspecified atom stereocenters. The van der Waals surface area contributed by atoms with E-state index in [0.717, 1.165) is 38.5 Å². The molecule has 0 aliphatic carbocycles. The number of unbranched alkanes of at least 4 members (excludes halogenated alkanes) is 61. The molecule has 6 heteroatoms. The third-order valence-electron chi connectivity index (χ3n) is 18.6. The maximum absolute atomic E-state index is 12.5. The molecule has 0 saturated carbocycles. The third-order valence-corrected chi connectivity index (χ3v) is 18.6. The number of esters is 1. The molecule has 0 spiro atoms. The van der Waals surface area contributed by atoms with Gasteiger partial charge in [-0.15, -0.1) is 0 Å². The van der Waals surface area contributed by atoms with Gasteiger partial charge in [0.25, 0.3) is 0 Å². The summed E-state index contributed by atoms with van der Waals surface area (Å²) < 4.78 is 5.51. The van der Waals surface area contributed by atoms with E-state index in [4.69, 9.17) is 4.74 Å². The molecular weight excluding hydrogens is 1030 g/mol. The summed E-state index contributed by atoms with van der Waals surface area (Å²) in [5, 5.41) is 23.4. The molecule has 0 saturated heterocycles. The van der Waals surface area contributed by atoms with Crippen molar-refractivity contribution < 1.29 is 24.5 Å². The van der Waals surface area contributed by atoms with Crippen molar-refractivity contribution in [2.24, 2.45) is 0 Å². The van der Waals surface area contributed by atoms with Crippen LogP contribution in [0.1, 0.15) is 450 Å². The van der Waals surface area contributed by atoms with Gasteiger partial charge in [-0.2, -0.15) is 0 Å². The van der Waals surface area contributed by atoms with Crippen molar-refractivity contribution >= 4 is 11.9 Å². The van der Waals surface area contributed by atoms with Crippen LogP contribution in [0.4, 0.5) is 0 Å². The molecule has 0 bridgehead atoms. The molecule has 6 nitrogen and oxygen atoms in total. The van der Waals surface area contributed by atoms with Crippen LogP contribution >= 0.6 is 0 Å². The zero-order chi connectivity index (χ0) is 60.6. The second-order valence-electron chi connectivity index (χ2n) is 27.0. The Bertz CT molecular complexity index is 1270. The Morgan fingerprint density at radius 1 is 0.321 bits per heavy atom. The molecule has 0 aliphatic heterocycles. The molecule has 0 aromatic carbocycles. The van der Waals surface area contributed by atoms with Gasteiger partial charge in [-0.1, -0.05) is 398 Å². The number of amides is 1. The van der Waals surface area contributed by atoms with Crippen LogP contribution in [-0.4, -0.2) is 47.4 Å². The van der Waals surface area contributed by atoms with Gasteiger partial charge in [-0.05, 0) is 51.4 Å². The lowest BCUT2D eigenvalue weighted by molar-refractivity contribution is -0.143. The minimum Gasteiger partial charge on any atom is -0.466 e. The van der Waals surface area contributed by atoms with Crippen LogP contribution in [0.3, 0.4) is 0 Å². The molecule has 0 aromatic rings. The number of aliphatic hydroxyl groups excluding tert-OH is 2. The molecule has 3 N–H and O–H groups in total. The van der Waals surface area contributed by atoms with Gasteiger partial charge in [0.15, 0.2) is 0 Å². The standard InChI is InChI=1S/C78H153NO5/c1-3-5-7-9-11-13-15-17-19-38-42-46-50-54-58-62-66-70-76(81)75(74-80)79-77(82)71-67-63-59-55-51-47-43-40-36-34-32-30-28-26-24-22-21-23-25-27-29-31-33-35-37-41-45-49-53-57-61-65-69-73-84-78(83)72-68-64-60-56-52-48-44-39-20-18-16-14-12-10-8-6-4-2/h18,20,75-76,80-81H,3-17,19,21-74H2,1-2H3,(H,79,82)/b20-18-. The van der Waals surface area contributed by atoms with Crippen molar-refractivity contribution in [2.75, 3.05) is 13.2 Å². The molecule has 0 aromatic heterocycles. The van der Waals surface area contributed by atoms with Gasteiger partial charge >= 0.3 is 5.97 Å². The summed E-state index contributed by atoms with van der Waals surface area (Å²) in [5.74, 6) is -0.00606. The third kappa shape index (κ3) is 69.7. The number of aliphatic hydroxyl groups is 2.